The highest BCUT2D eigenvalue weighted by Crippen LogP contribution is 2.32. The summed E-state index contributed by atoms with van der Waals surface area (Å²) in [6.07, 6.45) is 6.17. The number of nitrogens with zero attached hydrogens (tertiary/aromatic N) is 1. The number of rotatable bonds is 6. The summed E-state index contributed by atoms with van der Waals surface area (Å²) in [4.78, 5) is 13.5. The average molecular weight is 354 g/mol. The van der Waals surface area contributed by atoms with Crippen LogP contribution in [0.15, 0.2) is 54.6 Å². The van der Waals surface area contributed by atoms with Crippen LogP contribution < -0.4 is 5.48 Å². The van der Waals surface area contributed by atoms with Gasteiger partial charge in [0.2, 0.25) is 0 Å². The number of halogens is 1. The number of benzene rings is 2. The van der Waals surface area contributed by atoms with Gasteiger partial charge in [0, 0.05) is 18.7 Å². The summed E-state index contributed by atoms with van der Waals surface area (Å²) in [6.45, 7) is 2.03. The predicted octanol–water partition coefficient (Wildman–Crippen LogP) is 3.72. The Kier molecular flexibility index (Phi) is 6.15. The zero-order valence-electron chi connectivity index (χ0n) is 14.6. The highest BCUT2D eigenvalue weighted by atomic mass is 19.1. The molecule has 5 heteroatoms. The third-order valence-corrected chi connectivity index (χ3v) is 4.82. The lowest BCUT2D eigenvalue weighted by Gasteiger charge is -2.25. The minimum Gasteiger partial charge on any atom is -0.296 e. The number of carbonyl (C=O) groups is 1. The molecule has 1 heterocycles. The van der Waals surface area contributed by atoms with Gasteiger partial charge in [0.25, 0.3) is 5.91 Å². The maximum absolute atomic E-state index is 13.0. The number of amides is 1. The SMILES string of the molecule is O=C(C=Cc1ccc(C2CCCN2CCc2ccc(F)cc2)cc1)NO. The Bertz CT molecular complexity index is 757. The van der Waals surface area contributed by atoms with Crippen LogP contribution in [0, 0.1) is 5.82 Å². The van der Waals surface area contributed by atoms with Gasteiger partial charge in [0.05, 0.1) is 0 Å². The lowest BCUT2D eigenvalue weighted by Crippen LogP contribution is -2.25. The van der Waals surface area contributed by atoms with E-state index in [9.17, 15) is 9.18 Å². The molecule has 136 valence electrons. The monoisotopic (exact) mass is 354 g/mol. The molecule has 1 fully saturated rings. The van der Waals surface area contributed by atoms with Gasteiger partial charge in [-0.2, -0.15) is 0 Å². The Morgan fingerprint density at radius 1 is 1.19 bits per heavy atom. The van der Waals surface area contributed by atoms with Gasteiger partial charge in [-0.05, 0) is 60.7 Å². The molecule has 1 atom stereocenters. The molecule has 1 unspecified atom stereocenters. The third kappa shape index (κ3) is 4.77. The first-order valence-corrected chi connectivity index (χ1v) is 8.86. The zero-order chi connectivity index (χ0) is 18.4. The molecular weight excluding hydrogens is 331 g/mol. The van der Waals surface area contributed by atoms with E-state index in [1.165, 1.54) is 30.2 Å². The normalized spacial score (nSPS) is 17.7. The molecule has 3 rings (SSSR count). The fourth-order valence-corrected chi connectivity index (χ4v) is 3.43. The summed E-state index contributed by atoms with van der Waals surface area (Å²) in [7, 11) is 0. The predicted molar refractivity (Wildman–Crippen MR) is 99.1 cm³/mol. The van der Waals surface area contributed by atoms with Crippen molar-refractivity contribution in [2.24, 2.45) is 0 Å². The van der Waals surface area contributed by atoms with E-state index in [2.05, 4.69) is 17.0 Å². The summed E-state index contributed by atoms with van der Waals surface area (Å²) in [5.74, 6) is -0.741. The highest BCUT2D eigenvalue weighted by molar-refractivity contribution is 5.90. The summed E-state index contributed by atoms with van der Waals surface area (Å²) in [6, 6.07) is 15.3. The van der Waals surface area contributed by atoms with Gasteiger partial charge in [-0.15, -0.1) is 0 Å². The van der Waals surface area contributed by atoms with Gasteiger partial charge in [-0.25, -0.2) is 9.87 Å². The van der Waals surface area contributed by atoms with E-state index in [4.69, 9.17) is 5.21 Å². The third-order valence-electron chi connectivity index (χ3n) is 4.82. The van der Waals surface area contributed by atoms with E-state index in [1.807, 2.05) is 24.3 Å². The van der Waals surface area contributed by atoms with Gasteiger partial charge in [-0.1, -0.05) is 36.4 Å². The molecule has 2 N–H and O–H groups in total. The van der Waals surface area contributed by atoms with Crippen molar-refractivity contribution in [1.82, 2.24) is 10.4 Å². The Morgan fingerprint density at radius 2 is 1.92 bits per heavy atom. The maximum atomic E-state index is 13.0. The molecule has 1 amide bonds. The molecule has 0 bridgehead atoms. The number of nitrogens with one attached hydrogen (secondary N) is 1. The molecular formula is C21H23FN2O2. The van der Waals surface area contributed by atoms with E-state index in [0.29, 0.717) is 6.04 Å². The molecule has 26 heavy (non-hydrogen) atoms. The Balaban J connectivity index is 1.61. The van der Waals surface area contributed by atoms with Crippen molar-refractivity contribution in [1.29, 1.82) is 0 Å². The van der Waals surface area contributed by atoms with Crippen molar-refractivity contribution < 1.29 is 14.4 Å². The number of hydrogen-bond acceptors (Lipinski definition) is 3. The Labute approximate surface area is 152 Å². The zero-order valence-corrected chi connectivity index (χ0v) is 14.6. The van der Waals surface area contributed by atoms with E-state index in [1.54, 1.807) is 11.6 Å². The Morgan fingerprint density at radius 3 is 2.62 bits per heavy atom. The standard InChI is InChI=1S/C21H23FN2O2/c22-19-10-5-17(6-11-19)13-15-24-14-1-2-20(24)18-8-3-16(4-9-18)7-12-21(25)23-26/h3-12,20,26H,1-2,13-15H2,(H,23,25). The summed E-state index contributed by atoms with van der Waals surface area (Å²) < 4.78 is 13.0. The maximum Gasteiger partial charge on any atom is 0.267 e. The second-order valence-corrected chi connectivity index (χ2v) is 6.55. The highest BCUT2D eigenvalue weighted by Gasteiger charge is 2.25. The van der Waals surface area contributed by atoms with Gasteiger partial charge in [0.15, 0.2) is 0 Å². The molecule has 0 spiro atoms. The van der Waals surface area contributed by atoms with Crippen LogP contribution in [0.1, 0.15) is 35.6 Å². The molecule has 0 radical (unpaired) electrons. The van der Waals surface area contributed by atoms with E-state index >= 15 is 0 Å². The van der Waals surface area contributed by atoms with Crippen LogP contribution in [0.4, 0.5) is 4.39 Å². The van der Waals surface area contributed by atoms with Crippen molar-refractivity contribution in [3.63, 3.8) is 0 Å². The van der Waals surface area contributed by atoms with Crippen molar-refractivity contribution >= 4 is 12.0 Å². The number of hydroxylamine groups is 1. The van der Waals surface area contributed by atoms with Crippen LogP contribution in [0.3, 0.4) is 0 Å². The molecule has 0 aromatic heterocycles. The first-order chi connectivity index (χ1) is 12.7. The quantitative estimate of drug-likeness (QED) is 0.472. The molecule has 1 aliphatic heterocycles. The molecule has 2 aromatic rings. The topological polar surface area (TPSA) is 52.6 Å². The minimum atomic E-state index is -0.545. The Hall–Kier alpha value is -2.50. The van der Waals surface area contributed by atoms with E-state index in [0.717, 1.165) is 37.1 Å². The lowest BCUT2D eigenvalue weighted by molar-refractivity contribution is -0.124. The van der Waals surface area contributed by atoms with E-state index < -0.39 is 5.91 Å². The fraction of sp³-hybridized carbons (Fsp3) is 0.286. The number of hydrogen-bond donors (Lipinski definition) is 2. The number of likely N-dealkylation sites (tertiary alicyclic amines) is 1. The smallest absolute Gasteiger partial charge is 0.267 e. The lowest BCUT2D eigenvalue weighted by atomic mass is 10.0. The summed E-state index contributed by atoms with van der Waals surface area (Å²) >= 11 is 0. The average Bonchev–Trinajstić information content (AvgIpc) is 3.14. The molecule has 0 aliphatic carbocycles. The largest absolute Gasteiger partial charge is 0.296 e. The van der Waals surface area contributed by atoms with Gasteiger partial charge < -0.3 is 0 Å². The summed E-state index contributed by atoms with van der Waals surface area (Å²) in [5.41, 5.74) is 4.91. The van der Waals surface area contributed by atoms with Gasteiger partial charge >= 0.3 is 0 Å². The van der Waals surface area contributed by atoms with Crippen molar-refractivity contribution in [2.75, 3.05) is 13.1 Å². The van der Waals surface area contributed by atoms with E-state index in [-0.39, 0.29) is 5.82 Å². The van der Waals surface area contributed by atoms with Crippen LogP contribution >= 0.6 is 0 Å². The molecule has 1 aliphatic rings. The van der Waals surface area contributed by atoms with Crippen molar-refractivity contribution in [3.05, 3.63) is 77.1 Å². The van der Waals surface area contributed by atoms with Crippen molar-refractivity contribution in [2.45, 2.75) is 25.3 Å². The van der Waals surface area contributed by atoms with Crippen LogP contribution in [0.2, 0.25) is 0 Å². The van der Waals surface area contributed by atoms with Crippen molar-refractivity contribution in [3.8, 4) is 0 Å². The second-order valence-electron chi connectivity index (χ2n) is 6.55. The molecule has 4 nitrogen and oxygen atoms in total. The first-order valence-electron chi connectivity index (χ1n) is 8.86. The molecule has 0 saturated carbocycles. The molecule has 1 saturated heterocycles. The fourth-order valence-electron chi connectivity index (χ4n) is 3.43. The molecule has 2 aromatic carbocycles. The van der Waals surface area contributed by atoms with Crippen LogP contribution in [0.5, 0.6) is 0 Å². The first kappa shape index (κ1) is 18.3. The van der Waals surface area contributed by atoms with Gasteiger partial charge in [-0.3, -0.25) is 14.9 Å². The second kappa shape index (κ2) is 8.74. The minimum absolute atomic E-state index is 0.196. The van der Waals surface area contributed by atoms with Crippen LogP contribution in [-0.2, 0) is 11.2 Å². The number of carbonyl (C=O) groups excluding carboxylic acids is 1. The van der Waals surface area contributed by atoms with Crippen LogP contribution in [0.25, 0.3) is 6.08 Å². The summed E-state index contributed by atoms with van der Waals surface area (Å²) in [5, 5.41) is 8.50. The van der Waals surface area contributed by atoms with Gasteiger partial charge in [0.1, 0.15) is 5.82 Å². The van der Waals surface area contributed by atoms with Crippen LogP contribution in [-0.4, -0.2) is 29.1 Å².